The summed E-state index contributed by atoms with van der Waals surface area (Å²) >= 11 is 0. The largest absolute Gasteiger partial charge is 0.605 e. The molecular formula is C12H20O3S3. The quantitative estimate of drug-likeness (QED) is 0.354. The van der Waals surface area contributed by atoms with Gasteiger partial charge in [-0.2, -0.15) is 0 Å². The third-order valence-electron chi connectivity index (χ3n) is 1.84. The Morgan fingerprint density at radius 2 is 2.00 bits per heavy atom. The molecule has 0 saturated heterocycles. The van der Waals surface area contributed by atoms with Gasteiger partial charge in [0.05, 0.1) is 11.5 Å². The Labute approximate surface area is 117 Å². The van der Waals surface area contributed by atoms with Gasteiger partial charge in [-0.1, -0.05) is 31.6 Å². The average Bonchev–Trinajstić information content (AvgIpc) is 2.30. The first-order valence-corrected chi connectivity index (χ1v) is 10.2. The minimum Gasteiger partial charge on any atom is -0.605 e. The molecule has 0 N–H and O–H groups in total. The number of unbranched alkanes of at least 4 members (excludes halogenated alkanes) is 1. The maximum atomic E-state index is 11.5. The lowest BCUT2D eigenvalue weighted by molar-refractivity contribution is 0.601. The molecule has 1 unspecified atom stereocenters. The molecule has 0 aliphatic carbocycles. The molecule has 3 nitrogen and oxygen atoms in total. The second kappa shape index (κ2) is 10.7. The Morgan fingerprint density at radius 1 is 1.28 bits per heavy atom. The number of allylic oxidation sites excluding steroid dienone is 1. The minimum atomic E-state index is -3.09. The molecule has 0 saturated carbocycles. The Balaban J connectivity index is 3.84. The highest BCUT2D eigenvalue weighted by atomic mass is 33.1. The van der Waals surface area contributed by atoms with Crippen molar-refractivity contribution in [2.45, 2.75) is 19.8 Å². The van der Waals surface area contributed by atoms with E-state index in [2.05, 4.69) is 13.5 Å². The summed E-state index contributed by atoms with van der Waals surface area (Å²) in [6, 6.07) is 0. The maximum absolute atomic E-state index is 11.5. The second-order valence-electron chi connectivity index (χ2n) is 3.56. The summed E-state index contributed by atoms with van der Waals surface area (Å²) in [5.41, 5.74) is 0. The number of sulfone groups is 1. The molecule has 0 heterocycles. The topological polar surface area (TPSA) is 57.2 Å². The molecular weight excluding hydrogens is 288 g/mol. The lowest BCUT2D eigenvalue weighted by Crippen LogP contribution is -2.06. The van der Waals surface area contributed by atoms with Crippen LogP contribution in [0.4, 0.5) is 0 Å². The van der Waals surface area contributed by atoms with Crippen molar-refractivity contribution in [2.75, 3.05) is 17.3 Å². The zero-order valence-electron chi connectivity index (χ0n) is 10.6. The van der Waals surface area contributed by atoms with Crippen LogP contribution in [-0.2, 0) is 20.0 Å². The van der Waals surface area contributed by atoms with Gasteiger partial charge in [-0.25, -0.2) is 8.42 Å². The van der Waals surface area contributed by atoms with Crippen LogP contribution >= 0.6 is 10.8 Å². The molecule has 0 aliphatic heterocycles. The summed E-state index contributed by atoms with van der Waals surface area (Å²) in [6.07, 6.45) is 8.88. The van der Waals surface area contributed by atoms with Crippen LogP contribution in [0.3, 0.4) is 0 Å². The van der Waals surface area contributed by atoms with E-state index in [9.17, 15) is 13.0 Å². The molecule has 0 amide bonds. The number of rotatable bonds is 10. The van der Waals surface area contributed by atoms with Crippen LogP contribution < -0.4 is 0 Å². The van der Waals surface area contributed by atoms with E-state index in [0.29, 0.717) is 5.75 Å². The lowest BCUT2D eigenvalue weighted by Gasteiger charge is -2.02. The van der Waals surface area contributed by atoms with Crippen LogP contribution in [0.2, 0.25) is 0 Å². The van der Waals surface area contributed by atoms with Gasteiger partial charge in [0, 0.05) is 15.6 Å². The lowest BCUT2D eigenvalue weighted by atomic mass is 10.3. The first-order chi connectivity index (χ1) is 8.52. The van der Waals surface area contributed by atoms with Crippen molar-refractivity contribution in [3.8, 4) is 0 Å². The van der Waals surface area contributed by atoms with Gasteiger partial charge in [0.2, 0.25) is 0 Å². The van der Waals surface area contributed by atoms with E-state index in [1.807, 2.05) is 12.2 Å². The summed E-state index contributed by atoms with van der Waals surface area (Å²) in [4.78, 5) is 0. The summed E-state index contributed by atoms with van der Waals surface area (Å²) < 4.78 is 34.1. The summed E-state index contributed by atoms with van der Waals surface area (Å²) in [5, 5.41) is 1.59. The van der Waals surface area contributed by atoms with Crippen molar-refractivity contribution in [1.82, 2.24) is 0 Å². The van der Waals surface area contributed by atoms with Crippen LogP contribution in [0.15, 0.2) is 36.3 Å². The minimum absolute atomic E-state index is 0.0230. The first-order valence-electron chi connectivity index (χ1n) is 5.68. The molecule has 1 atom stereocenters. The fraction of sp³-hybridized carbons (Fsp3) is 0.500. The highest BCUT2D eigenvalue weighted by Gasteiger charge is 2.06. The predicted octanol–water partition coefficient (Wildman–Crippen LogP) is 2.85. The molecule has 104 valence electrons. The van der Waals surface area contributed by atoms with Gasteiger partial charge in [0.15, 0.2) is 9.84 Å². The van der Waals surface area contributed by atoms with Crippen molar-refractivity contribution < 1.29 is 13.0 Å². The zero-order chi connectivity index (χ0) is 13.9. The molecule has 0 bridgehead atoms. The third-order valence-corrected chi connectivity index (χ3v) is 5.65. The van der Waals surface area contributed by atoms with Crippen molar-refractivity contribution in [3.63, 3.8) is 0 Å². The Kier molecular flexibility index (Phi) is 10.6. The summed E-state index contributed by atoms with van der Waals surface area (Å²) in [7, 11) is -2.97. The van der Waals surface area contributed by atoms with E-state index < -0.39 is 20.0 Å². The zero-order valence-corrected chi connectivity index (χ0v) is 13.0. The van der Waals surface area contributed by atoms with Gasteiger partial charge >= 0.3 is 0 Å². The standard InChI is InChI=1S/C12H20O3S3/c1-3-5-6-7-10-17(13)16-9-8-12-18(14,15)11-4-2/h4,6-9H,2-3,5,10-12H2,1H3. The van der Waals surface area contributed by atoms with Crippen LogP contribution in [0.1, 0.15) is 19.8 Å². The molecule has 0 aliphatic rings. The second-order valence-corrected chi connectivity index (χ2v) is 8.82. The summed E-state index contributed by atoms with van der Waals surface area (Å²) in [6.45, 7) is 5.47. The molecule has 0 rings (SSSR count). The van der Waals surface area contributed by atoms with Gasteiger partial charge in [-0.15, -0.1) is 6.58 Å². The third kappa shape index (κ3) is 11.0. The highest BCUT2D eigenvalue weighted by molar-refractivity contribution is 8.73. The van der Waals surface area contributed by atoms with Crippen molar-refractivity contribution in [3.05, 3.63) is 36.3 Å². The highest BCUT2D eigenvalue weighted by Crippen LogP contribution is 2.15. The number of hydrogen-bond donors (Lipinski definition) is 0. The van der Waals surface area contributed by atoms with E-state index in [1.54, 1.807) is 5.41 Å². The van der Waals surface area contributed by atoms with E-state index in [4.69, 9.17) is 0 Å². The first kappa shape index (κ1) is 17.8. The maximum Gasteiger partial charge on any atom is 0.157 e. The van der Waals surface area contributed by atoms with Crippen LogP contribution in [0, 0.1) is 0 Å². The SMILES string of the molecule is C=CCS(=O)(=O)CC=CS[S+]([O-])CC=CCCC. The molecule has 0 spiro atoms. The Morgan fingerprint density at radius 3 is 2.61 bits per heavy atom. The molecule has 0 aromatic carbocycles. The molecule has 6 heteroatoms. The fourth-order valence-electron chi connectivity index (χ4n) is 1.01. The summed E-state index contributed by atoms with van der Waals surface area (Å²) in [5.74, 6) is 0.439. The Hall–Kier alpha value is -0.170. The van der Waals surface area contributed by atoms with Gasteiger partial charge in [-0.3, -0.25) is 0 Å². The van der Waals surface area contributed by atoms with Crippen molar-refractivity contribution in [1.29, 1.82) is 0 Å². The van der Waals surface area contributed by atoms with E-state index in [1.165, 1.54) is 12.2 Å². The fourth-order valence-corrected chi connectivity index (χ4v) is 3.76. The van der Waals surface area contributed by atoms with Gasteiger partial charge in [0.1, 0.15) is 16.5 Å². The Bertz CT molecular complexity index is 372. The molecule has 0 aromatic heterocycles. The van der Waals surface area contributed by atoms with E-state index >= 15 is 0 Å². The van der Waals surface area contributed by atoms with Crippen molar-refractivity contribution in [2.24, 2.45) is 0 Å². The molecule has 0 fully saturated rings. The van der Waals surface area contributed by atoms with Crippen LogP contribution in [0.25, 0.3) is 0 Å². The van der Waals surface area contributed by atoms with Gasteiger partial charge in [-0.05, 0) is 12.5 Å². The van der Waals surface area contributed by atoms with Crippen LogP contribution in [0.5, 0.6) is 0 Å². The van der Waals surface area contributed by atoms with E-state index in [0.717, 1.165) is 23.6 Å². The van der Waals surface area contributed by atoms with Crippen molar-refractivity contribution >= 4 is 30.8 Å². The smallest absolute Gasteiger partial charge is 0.157 e. The van der Waals surface area contributed by atoms with E-state index in [-0.39, 0.29) is 11.5 Å². The van der Waals surface area contributed by atoms with Gasteiger partial charge < -0.3 is 4.55 Å². The monoisotopic (exact) mass is 308 g/mol. The molecule has 18 heavy (non-hydrogen) atoms. The number of hydrogen-bond acceptors (Lipinski definition) is 4. The predicted molar refractivity (Wildman–Crippen MR) is 82.6 cm³/mol. The molecule has 0 radical (unpaired) electrons. The average molecular weight is 308 g/mol. The molecule has 0 aromatic rings. The van der Waals surface area contributed by atoms with Crippen LogP contribution in [-0.4, -0.2) is 30.2 Å². The van der Waals surface area contributed by atoms with Gasteiger partial charge in [0.25, 0.3) is 0 Å². The normalized spacial score (nSPS) is 14.3.